The van der Waals surface area contributed by atoms with Crippen LogP contribution in [0.4, 0.5) is 9.18 Å². The number of hydrogen-bond acceptors (Lipinski definition) is 8. The van der Waals surface area contributed by atoms with Crippen LogP contribution in [0.5, 0.6) is 5.75 Å². The zero-order valence-electron chi connectivity index (χ0n) is 28.0. The molecule has 12 heteroatoms. The maximum absolute atomic E-state index is 14.9. The second kappa shape index (κ2) is 13.9. The van der Waals surface area contributed by atoms with Gasteiger partial charge in [-0.05, 0) is 83.0 Å². The van der Waals surface area contributed by atoms with E-state index in [-0.39, 0.29) is 41.9 Å². The van der Waals surface area contributed by atoms with Crippen LogP contribution in [0, 0.1) is 12.7 Å². The number of rotatable bonds is 7. The molecule has 2 aliphatic heterocycles. The van der Waals surface area contributed by atoms with E-state index < -0.39 is 11.4 Å². The molecule has 4 aromatic rings. The van der Waals surface area contributed by atoms with Crippen molar-refractivity contribution >= 4 is 22.9 Å². The highest BCUT2D eigenvalue weighted by Crippen LogP contribution is 2.29. The van der Waals surface area contributed by atoms with Gasteiger partial charge in [0.05, 0.1) is 5.52 Å². The van der Waals surface area contributed by atoms with Crippen LogP contribution in [0.2, 0.25) is 0 Å². The van der Waals surface area contributed by atoms with Crippen LogP contribution >= 0.6 is 0 Å². The van der Waals surface area contributed by atoms with E-state index in [1.54, 1.807) is 17.2 Å². The lowest BCUT2D eigenvalue weighted by Crippen LogP contribution is -2.57. The van der Waals surface area contributed by atoms with E-state index in [0.717, 1.165) is 47.2 Å². The number of ether oxygens (including phenoxy) is 1. The van der Waals surface area contributed by atoms with Crippen molar-refractivity contribution in [2.45, 2.75) is 64.8 Å². The molecule has 254 valence electrons. The topological polar surface area (TPSA) is 127 Å². The number of carbonyl (C=O) groups excluding carboxylic acids is 2. The number of aromatic hydroxyl groups is 1. The molecule has 2 amide bonds. The van der Waals surface area contributed by atoms with Gasteiger partial charge in [-0.1, -0.05) is 6.07 Å². The number of phenols is 1. The number of nitrogens with one attached hydrogen (secondary N) is 2. The van der Waals surface area contributed by atoms with Crippen molar-refractivity contribution in [1.82, 2.24) is 35.2 Å². The van der Waals surface area contributed by atoms with Crippen molar-refractivity contribution in [3.05, 3.63) is 77.4 Å². The van der Waals surface area contributed by atoms with Crippen LogP contribution in [0.1, 0.15) is 55.2 Å². The number of halogens is 1. The summed E-state index contributed by atoms with van der Waals surface area (Å²) in [7, 11) is 0. The number of amides is 2. The van der Waals surface area contributed by atoms with Gasteiger partial charge in [-0.15, -0.1) is 0 Å². The van der Waals surface area contributed by atoms with Gasteiger partial charge in [0.2, 0.25) is 0 Å². The normalized spacial score (nSPS) is 19.4. The number of benzene rings is 2. The largest absolute Gasteiger partial charge is 0.508 e. The van der Waals surface area contributed by atoms with Crippen molar-refractivity contribution in [2.24, 2.45) is 0 Å². The average Bonchev–Trinajstić information content (AvgIpc) is 3.47. The van der Waals surface area contributed by atoms with Gasteiger partial charge in [0, 0.05) is 91.9 Å². The number of H-pyrrole nitrogens is 1. The third-order valence-electron chi connectivity index (χ3n) is 9.10. The summed E-state index contributed by atoms with van der Waals surface area (Å²) < 4.78 is 20.5. The van der Waals surface area contributed by atoms with Gasteiger partial charge < -0.3 is 20.1 Å². The van der Waals surface area contributed by atoms with Crippen LogP contribution in [-0.2, 0) is 11.3 Å². The molecular weight excluding hydrogens is 613 g/mol. The quantitative estimate of drug-likeness (QED) is 0.251. The number of likely N-dealkylation sites (tertiary alicyclic amines) is 1. The van der Waals surface area contributed by atoms with Crippen molar-refractivity contribution < 1.29 is 23.8 Å². The molecule has 2 aliphatic rings. The Morgan fingerprint density at radius 3 is 2.60 bits per heavy atom. The standard InChI is InChI=1S/C36H44FN7O4/c1-23-18-24(12-13-38-23)33-28-19-25(8-11-31(28)40-41-33)34(46)39-26-9-10-27(44(20-26)22-29-30(37)6-5-7-32(29)45)21-42-14-16-43(17-15-42)35(47)48-36(2,3)4/h5-8,11-13,18-19,26-27,45H,9-10,14-17,20-22H2,1-4H3,(H,39,46)(H,40,41)/t26-,27?/m1/s1. The number of aromatic nitrogens is 3. The third-order valence-corrected chi connectivity index (χ3v) is 9.10. The number of piperidine rings is 1. The lowest BCUT2D eigenvalue weighted by atomic mass is 9.96. The molecule has 2 saturated heterocycles. The fraction of sp³-hybridized carbons (Fsp3) is 0.444. The molecule has 0 spiro atoms. The number of phenolic OH excluding ortho intramolecular Hbond substituents is 1. The van der Waals surface area contributed by atoms with Gasteiger partial charge in [0.1, 0.15) is 22.9 Å². The van der Waals surface area contributed by atoms with E-state index in [1.165, 1.54) is 18.2 Å². The molecule has 0 saturated carbocycles. The Kier molecular flexibility index (Phi) is 9.66. The SMILES string of the molecule is Cc1cc(-c2n[nH]c3ccc(C(=O)N[C@@H]4CCC(CN5CCN(C(=O)OC(C)(C)C)CC5)N(Cc5c(O)cccc5F)C4)cc23)ccn1. The summed E-state index contributed by atoms with van der Waals surface area (Å²) in [6.07, 6.45) is 2.97. The van der Waals surface area contributed by atoms with Gasteiger partial charge in [-0.2, -0.15) is 5.10 Å². The first-order valence-corrected chi connectivity index (χ1v) is 16.6. The summed E-state index contributed by atoms with van der Waals surface area (Å²) in [4.78, 5) is 36.7. The molecule has 3 N–H and O–H groups in total. The number of pyridine rings is 1. The van der Waals surface area contributed by atoms with E-state index in [2.05, 4.69) is 30.3 Å². The predicted octanol–water partition coefficient (Wildman–Crippen LogP) is 5.09. The summed E-state index contributed by atoms with van der Waals surface area (Å²) >= 11 is 0. The van der Waals surface area contributed by atoms with Crippen molar-refractivity contribution in [3.63, 3.8) is 0 Å². The molecule has 4 heterocycles. The van der Waals surface area contributed by atoms with E-state index in [4.69, 9.17) is 4.74 Å². The van der Waals surface area contributed by atoms with E-state index in [1.807, 2.05) is 52.0 Å². The van der Waals surface area contributed by atoms with Crippen LogP contribution in [0.3, 0.4) is 0 Å². The smallest absolute Gasteiger partial charge is 0.410 e. The number of hydrogen-bond donors (Lipinski definition) is 3. The third kappa shape index (κ3) is 7.77. The molecule has 2 fully saturated rings. The van der Waals surface area contributed by atoms with Gasteiger partial charge in [0.25, 0.3) is 5.91 Å². The Morgan fingerprint density at radius 2 is 1.88 bits per heavy atom. The molecule has 0 radical (unpaired) electrons. The van der Waals surface area contributed by atoms with Crippen molar-refractivity contribution in [2.75, 3.05) is 39.3 Å². The van der Waals surface area contributed by atoms with Crippen molar-refractivity contribution in [1.29, 1.82) is 0 Å². The van der Waals surface area contributed by atoms with E-state index >= 15 is 0 Å². The van der Waals surface area contributed by atoms with E-state index in [0.29, 0.717) is 38.3 Å². The second-order valence-electron chi connectivity index (χ2n) is 13.9. The van der Waals surface area contributed by atoms with Gasteiger partial charge in [-0.25, -0.2) is 9.18 Å². The monoisotopic (exact) mass is 657 g/mol. The zero-order chi connectivity index (χ0) is 34.0. The molecule has 0 aliphatic carbocycles. The van der Waals surface area contributed by atoms with Crippen molar-refractivity contribution in [3.8, 4) is 17.0 Å². The predicted molar refractivity (Wildman–Crippen MR) is 181 cm³/mol. The number of aryl methyl sites for hydroxylation is 1. The first kappa shape index (κ1) is 33.4. The molecule has 1 unspecified atom stereocenters. The Hall–Kier alpha value is -4.55. The molecule has 2 aromatic heterocycles. The maximum Gasteiger partial charge on any atom is 0.410 e. The molecular formula is C36H44FN7O4. The zero-order valence-corrected chi connectivity index (χ0v) is 28.0. The molecule has 2 atom stereocenters. The summed E-state index contributed by atoms with van der Waals surface area (Å²) in [6.45, 7) is 11.5. The Balaban J connectivity index is 1.14. The number of carbonyl (C=O) groups is 2. The summed E-state index contributed by atoms with van der Waals surface area (Å²) in [5.41, 5.74) is 3.61. The van der Waals surface area contributed by atoms with Gasteiger partial charge in [0.15, 0.2) is 0 Å². The van der Waals surface area contributed by atoms with Crippen LogP contribution in [0.25, 0.3) is 22.2 Å². The fourth-order valence-electron chi connectivity index (χ4n) is 6.60. The number of aromatic amines is 1. The first-order chi connectivity index (χ1) is 22.9. The highest BCUT2D eigenvalue weighted by molar-refractivity contribution is 6.01. The Morgan fingerprint density at radius 1 is 1.08 bits per heavy atom. The minimum Gasteiger partial charge on any atom is -0.508 e. The molecule has 2 aromatic carbocycles. The highest BCUT2D eigenvalue weighted by atomic mass is 19.1. The van der Waals surface area contributed by atoms with Crippen LogP contribution < -0.4 is 5.32 Å². The lowest BCUT2D eigenvalue weighted by Gasteiger charge is -2.43. The lowest BCUT2D eigenvalue weighted by molar-refractivity contribution is 0.00917. The first-order valence-electron chi connectivity index (χ1n) is 16.6. The Bertz CT molecular complexity index is 1760. The summed E-state index contributed by atoms with van der Waals surface area (Å²) in [6, 6.07) is 13.6. The van der Waals surface area contributed by atoms with Gasteiger partial charge in [-0.3, -0.25) is 24.7 Å². The second-order valence-corrected chi connectivity index (χ2v) is 13.9. The van der Waals surface area contributed by atoms with Crippen LogP contribution in [0.15, 0.2) is 54.7 Å². The fourth-order valence-corrected chi connectivity index (χ4v) is 6.60. The van der Waals surface area contributed by atoms with E-state index in [9.17, 15) is 19.1 Å². The highest BCUT2D eigenvalue weighted by Gasteiger charge is 2.33. The molecule has 48 heavy (non-hydrogen) atoms. The average molecular weight is 658 g/mol. The number of nitrogens with zero attached hydrogens (tertiary/aromatic N) is 5. The van der Waals surface area contributed by atoms with Crippen LogP contribution in [-0.4, -0.2) is 104 Å². The molecule has 0 bridgehead atoms. The number of fused-ring (bicyclic) bond motifs is 1. The van der Waals surface area contributed by atoms with Gasteiger partial charge >= 0.3 is 6.09 Å². The number of piperazine rings is 1. The summed E-state index contributed by atoms with van der Waals surface area (Å²) in [5.74, 6) is -0.732. The summed E-state index contributed by atoms with van der Waals surface area (Å²) in [5, 5.41) is 22.2. The Labute approximate surface area is 280 Å². The molecule has 11 nitrogen and oxygen atoms in total. The molecule has 6 rings (SSSR count). The minimum atomic E-state index is -0.546. The minimum absolute atomic E-state index is 0.0684. The maximum atomic E-state index is 14.9.